The summed E-state index contributed by atoms with van der Waals surface area (Å²) in [6.45, 7) is 4.56. The highest BCUT2D eigenvalue weighted by atomic mass is 32.1. The van der Waals surface area contributed by atoms with Gasteiger partial charge in [-0.1, -0.05) is 11.3 Å². The van der Waals surface area contributed by atoms with Crippen LogP contribution in [-0.2, 0) is 0 Å². The molecule has 2 aromatic rings. The lowest BCUT2D eigenvalue weighted by molar-refractivity contribution is 0.338. The van der Waals surface area contributed by atoms with Gasteiger partial charge in [0.25, 0.3) is 0 Å². The lowest BCUT2D eigenvalue weighted by atomic mass is 10.2. The minimum atomic E-state index is -0.0203. The highest BCUT2D eigenvalue weighted by Gasteiger charge is 2.04. The van der Waals surface area contributed by atoms with Gasteiger partial charge < -0.3 is 9.72 Å². The molecule has 3 nitrogen and oxygen atoms in total. The third-order valence-corrected chi connectivity index (χ3v) is 2.86. The summed E-state index contributed by atoms with van der Waals surface area (Å²) < 4.78 is 6.42. The zero-order valence-electron chi connectivity index (χ0n) is 8.09. The van der Waals surface area contributed by atoms with Crippen LogP contribution in [0.1, 0.15) is 12.5 Å². The molecule has 1 heterocycles. The van der Waals surface area contributed by atoms with E-state index < -0.39 is 0 Å². The fourth-order valence-corrected chi connectivity index (χ4v) is 2.21. The molecule has 0 saturated heterocycles. The number of hydrogen-bond acceptors (Lipinski definition) is 3. The number of aromatic amines is 1. The Morgan fingerprint density at radius 3 is 3.00 bits per heavy atom. The van der Waals surface area contributed by atoms with Gasteiger partial charge in [0, 0.05) is 6.07 Å². The van der Waals surface area contributed by atoms with Crippen LogP contribution in [-0.4, -0.2) is 11.6 Å². The van der Waals surface area contributed by atoms with E-state index in [-0.39, 0.29) is 4.87 Å². The molecule has 0 aliphatic heterocycles. The fraction of sp³-hybridized carbons (Fsp3) is 0.300. The number of aryl methyl sites for hydroxylation is 1. The van der Waals surface area contributed by atoms with Crippen LogP contribution < -0.4 is 9.61 Å². The number of aromatic nitrogens is 1. The molecule has 0 bridgehead atoms. The van der Waals surface area contributed by atoms with Crippen molar-refractivity contribution in [2.75, 3.05) is 6.61 Å². The van der Waals surface area contributed by atoms with Crippen molar-refractivity contribution in [2.24, 2.45) is 0 Å². The Morgan fingerprint density at radius 1 is 1.50 bits per heavy atom. The normalized spacial score (nSPS) is 10.7. The van der Waals surface area contributed by atoms with Crippen LogP contribution in [0.2, 0.25) is 0 Å². The third kappa shape index (κ3) is 1.53. The molecule has 0 aliphatic rings. The van der Waals surface area contributed by atoms with Crippen LogP contribution in [0.5, 0.6) is 5.75 Å². The Kier molecular flexibility index (Phi) is 2.29. The molecule has 0 radical (unpaired) electrons. The van der Waals surface area contributed by atoms with Crippen molar-refractivity contribution in [3.8, 4) is 5.75 Å². The maximum atomic E-state index is 11.1. The van der Waals surface area contributed by atoms with Gasteiger partial charge in [0.1, 0.15) is 5.75 Å². The van der Waals surface area contributed by atoms with E-state index in [1.807, 2.05) is 26.0 Å². The van der Waals surface area contributed by atoms with Crippen molar-refractivity contribution in [3.63, 3.8) is 0 Å². The van der Waals surface area contributed by atoms with Gasteiger partial charge in [0.05, 0.1) is 16.8 Å². The smallest absolute Gasteiger partial charge is 0.305 e. The first kappa shape index (κ1) is 9.27. The van der Waals surface area contributed by atoms with E-state index in [2.05, 4.69) is 4.98 Å². The molecule has 0 fully saturated rings. The van der Waals surface area contributed by atoms with Crippen LogP contribution in [0, 0.1) is 6.92 Å². The quantitative estimate of drug-likeness (QED) is 0.824. The van der Waals surface area contributed by atoms with Gasteiger partial charge >= 0.3 is 4.87 Å². The van der Waals surface area contributed by atoms with Gasteiger partial charge in [-0.15, -0.1) is 0 Å². The number of rotatable bonds is 2. The van der Waals surface area contributed by atoms with Crippen molar-refractivity contribution < 1.29 is 4.74 Å². The number of hydrogen-bond donors (Lipinski definition) is 1. The number of thiazole rings is 1. The maximum Gasteiger partial charge on any atom is 0.305 e. The molecule has 2 rings (SSSR count). The molecule has 1 aromatic heterocycles. The Morgan fingerprint density at radius 2 is 2.29 bits per heavy atom. The standard InChI is InChI=1S/C10H11NO2S/c1-3-13-8-5-7-9(4-6(8)2)14-10(12)11-7/h4-5H,3H2,1-2H3,(H,11,12). The van der Waals surface area contributed by atoms with Gasteiger partial charge in [0.15, 0.2) is 0 Å². The summed E-state index contributed by atoms with van der Waals surface area (Å²) in [6, 6.07) is 3.86. The number of fused-ring (bicyclic) bond motifs is 1. The molecule has 1 N–H and O–H groups in total. The molecule has 0 unspecified atom stereocenters. The first-order valence-corrected chi connectivity index (χ1v) is 5.28. The minimum Gasteiger partial charge on any atom is -0.494 e. The first-order chi connectivity index (χ1) is 6.70. The van der Waals surface area contributed by atoms with E-state index >= 15 is 0 Å². The largest absolute Gasteiger partial charge is 0.494 e. The summed E-state index contributed by atoms with van der Waals surface area (Å²) in [5.41, 5.74) is 1.92. The zero-order chi connectivity index (χ0) is 10.1. The molecular weight excluding hydrogens is 198 g/mol. The van der Waals surface area contributed by atoms with Crippen molar-refractivity contribution in [3.05, 3.63) is 27.4 Å². The van der Waals surface area contributed by atoms with Crippen molar-refractivity contribution in [1.29, 1.82) is 0 Å². The maximum absolute atomic E-state index is 11.1. The molecule has 0 atom stereocenters. The summed E-state index contributed by atoms with van der Waals surface area (Å²) in [5, 5.41) is 0. The Labute approximate surface area is 85.3 Å². The SMILES string of the molecule is CCOc1cc2[nH]c(=O)sc2cc1C. The van der Waals surface area contributed by atoms with Gasteiger partial charge in [-0.25, -0.2) is 0 Å². The second-order valence-corrected chi connectivity index (χ2v) is 4.08. The van der Waals surface area contributed by atoms with Crippen molar-refractivity contribution in [2.45, 2.75) is 13.8 Å². The number of benzene rings is 1. The molecule has 14 heavy (non-hydrogen) atoms. The highest BCUT2D eigenvalue weighted by molar-refractivity contribution is 7.16. The van der Waals surface area contributed by atoms with E-state index in [1.54, 1.807) is 0 Å². The van der Waals surface area contributed by atoms with E-state index in [0.717, 1.165) is 21.5 Å². The van der Waals surface area contributed by atoms with Crippen molar-refractivity contribution >= 4 is 21.6 Å². The van der Waals surface area contributed by atoms with E-state index in [9.17, 15) is 4.79 Å². The molecule has 74 valence electrons. The number of H-pyrrole nitrogens is 1. The summed E-state index contributed by atoms with van der Waals surface area (Å²) in [7, 11) is 0. The monoisotopic (exact) mass is 209 g/mol. The van der Waals surface area contributed by atoms with Crippen LogP contribution in [0.15, 0.2) is 16.9 Å². The van der Waals surface area contributed by atoms with Gasteiger partial charge in [0.2, 0.25) is 0 Å². The second kappa shape index (κ2) is 3.46. The van der Waals surface area contributed by atoms with E-state index in [4.69, 9.17) is 4.74 Å². The number of ether oxygens (including phenoxy) is 1. The van der Waals surface area contributed by atoms with Gasteiger partial charge in [-0.3, -0.25) is 4.79 Å². The summed E-state index contributed by atoms with van der Waals surface area (Å²) in [4.78, 5) is 13.8. The van der Waals surface area contributed by atoms with Crippen LogP contribution in [0.25, 0.3) is 10.2 Å². The van der Waals surface area contributed by atoms with Crippen LogP contribution >= 0.6 is 11.3 Å². The summed E-state index contributed by atoms with van der Waals surface area (Å²) in [6.07, 6.45) is 0. The lowest BCUT2D eigenvalue weighted by Crippen LogP contribution is -1.94. The van der Waals surface area contributed by atoms with Gasteiger partial charge in [-0.05, 0) is 25.5 Å². The highest BCUT2D eigenvalue weighted by Crippen LogP contribution is 2.25. The average Bonchev–Trinajstić information content (AvgIpc) is 2.45. The molecule has 0 spiro atoms. The second-order valence-electron chi connectivity index (χ2n) is 3.06. The Balaban J connectivity index is 2.63. The average molecular weight is 209 g/mol. The summed E-state index contributed by atoms with van der Waals surface area (Å²) >= 11 is 1.23. The lowest BCUT2D eigenvalue weighted by Gasteiger charge is -2.05. The zero-order valence-corrected chi connectivity index (χ0v) is 8.90. The van der Waals surface area contributed by atoms with Gasteiger partial charge in [-0.2, -0.15) is 0 Å². The molecule has 0 amide bonds. The molecule has 0 aliphatic carbocycles. The van der Waals surface area contributed by atoms with E-state index in [0.29, 0.717) is 6.61 Å². The Bertz CT molecular complexity index is 512. The summed E-state index contributed by atoms with van der Waals surface area (Å²) in [5.74, 6) is 0.842. The predicted octanol–water partition coefficient (Wildman–Crippen LogP) is 2.30. The molecular formula is C10H11NO2S. The molecule has 4 heteroatoms. The topological polar surface area (TPSA) is 42.1 Å². The predicted molar refractivity (Wildman–Crippen MR) is 58.4 cm³/mol. The van der Waals surface area contributed by atoms with Crippen LogP contribution in [0.3, 0.4) is 0 Å². The third-order valence-electron chi connectivity index (χ3n) is 2.02. The Hall–Kier alpha value is -1.29. The first-order valence-electron chi connectivity index (χ1n) is 4.47. The molecule has 0 saturated carbocycles. The van der Waals surface area contributed by atoms with Crippen LogP contribution in [0.4, 0.5) is 0 Å². The van der Waals surface area contributed by atoms with Crippen molar-refractivity contribution in [1.82, 2.24) is 4.98 Å². The van der Waals surface area contributed by atoms with E-state index in [1.165, 1.54) is 11.3 Å². The fourth-order valence-electron chi connectivity index (χ4n) is 1.39. The molecule has 1 aromatic carbocycles. The number of nitrogens with one attached hydrogen (secondary N) is 1. The minimum absolute atomic E-state index is 0.0203.